The number of hydrogen-bond donors (Lipinski definition) is 1. The van der Waals surface area contributed by atoms with E-state index in [0.717, 1.165) is 30.4 Å². The highest BCUT2D eigenvalue weighted by atomic mass is 16.5. The molecule has 1 amide bonds. The predicted octanol–water partition coefficient (Wildman–Crippen LogP) is 1.88. The van der Waals surface area contributed by atoms with E-state index in [1.807, 2.05) is 12.1 Å². The summed E-state index contributed by atoms with van der Waals surface area (Å²) in [7, 11) is 1.61. The lowest BCUT2D eigenvalue weighted by atomic mass is 10.0. The van der Waals surface area contributed by atoms with Crippen LogP contribution in [0.2, 0.25) is 0 Å². The van der Waals surface area contributed by atoms with E-state index in [0.29, 0.717) is 13.0 Å². The Hall–Kier alpha value is -1.88. The van der Waals surface area contributed by atoms with Gasteiger partial charge >= 0.3 is 5.97 Å². The molecule has 1 saturated heterocycles. The van der Waals surface area contributed by atoms with Gasteiger partial charge in [0.1, 0.15) is 0 Å². The maximum absolute atomic E-state index is 12.9. The number of rotatable bonds is 4. The molecule has 1 aliphatic carbocycles. The molecule has 0 radical (unpaired) electrons. The third-order valence-electron chi connectivity index (χ3n) is 4.76. The summed E-state index contributed by atoms with van der Waals surface area (Å²) in [5, 5.41) is 9.08. The van der Waals surface area contributed by atoms with Gasteiger partial charge in [0.05, 0.1) is 12.5 Å². The van der Waals surface area contributed by atoms with E-state index in [-0.39, 0.29) is 24.5 Å². The van der Waals surface area contributed by atoms with Crippen LogP contribution in [0.5, 0.6) is 0 Å². The standard InChI is InChI=1S/C17H21NO4/c1-22-13-8-12(9-16(19)20)18(10-13)17(21)15-7-3-5-11-4-2-6-14(11)15/h3,5,7,12-13H,2,4,6,8-10H2,1H3,(H,19,20)/t12-,13+/m1/s1. The number of benzene rings is 1. The normalized spacial score (nSPS) is 23.6. The molecule has 1 fully saturated rings. The molecule has 22 heavy (non-hydrogen) atoms. The molecule has 5 heteroatoms. The Morgan fingerprint density at radius 3 is 2.91 bits per heavy atom. The van der Waals surface area contributed by atoms with Crippen molar-refractivity contribution in [1.29, 1.82) is 0 Å². The summed E-state index contributed by atoms with van der Waals surface area (Å²) in [6.45, 7) is 0.469. The summed E-state index contributed by atoms with van der Waals surface area (Å²) in [6, 6.07) is 5.58. The van der Waals surface area contributed by atoms with Gasteiger partial charge in [-0.1, -0.05) is 12.1 Å². The van der Waals surface area contributed by atoms with Crippen molar-refractivity contribution >= 4 is 11.9 Å². The van der Waals surface area contributed by atoms with E-state index in [2.05, 4.69) is 6.07 Å². The van der Waals surface area contributed by atoms with E-state index in [1.165, 1.54) is 5.56 Å². The number of aryl methyl sites for hydroxylation is 1. The molecule has 2 aliphatic rings. The van der Waals surface area contributed by atoms with Gasteiger partial charge in [0.2, 0.25) is 0 Å². The lowest BCUT2D eigenvalue weighted by molar-refractivity contribution is -0.137. The van der Waals surface area contributed by atoms with Crippen LogP contribution in [0.15, 0.2) is 18.2 Å². The van der Waals surface area contributed by atoms with E-state index >= 15 is 0 Å². The second-order valence-electron chi connectivity index (χ2n) is 6.10. The Balaban J connectivity index is 1.87. The molecule has 0 unspecified atom stereocenters. The number of carbonyl (C=O) groups is 2. The van der Waals surface area contributed by atoms with Gasteiger partial charge in [0, 0.05) is 25.3 Å². The van der Waals surface area contributed by atoms with Crippen molar-refractivity contribution in [2.24, 2.45) is 0 Å². The van der Waals surface area contributed by atoms with Gasteiger partial charge in [-0.15, -0.1) is 0 Å². The fraction of sp³-hybridized carbons (Fsp3) is 0.529. The van der Waals surface area contributed by atoms with Crippen LogP contribution in [-0.2, 0) is 22.4 Å². The number of ether oxygens (including phenoxy) is 1. The molecule has 3 rings (SSSR count). The van der Waals surface area contributed by atoms with E-state index in [9.17, 15) is 9.59 Å². The van der Waals surface area contributed by atoms with Crippen LogP contribution in [0, 0.1) is 0 Å². The van der Waals surface area contributed by atoms with Crippen LogP contribution in [0.4, 0.5) is 0 Å². The van der Waals surface area contributed by atoms with Crippen LogP contribution in [0.25, 0.3) is 0 Å². The second kappa shape index (κ2) is 6.08. The molecule has 0 bridgehead atoms. The van der Waals surface area contributed by atoms with Gasteiger partial charge in [-0.2, -0.15) is 0 Å². The molecule has 0 aromatic heterocycles. The highest BCUT2D eigenvalue weighted by Gasteiger charge is 2.37. The zero-order valence-corrected chi connectivity index (χ0v) is 12.7. The predicted molar refractivity (Wildman–Crippen MR) is 81.0 cm³/mol. The number of carbonyl (C=O) groups excluding carboxylic acids is 1. The van der Waals surface area contributed by atoms with Gasteiger partial charge in [-0.3, -0.25) is 9.59 Å². The van der Waals surface area contributed by atoms with Gasteiger partial charge in [0.15, 0.2) is 0 Å². The van der Waals surface area contributed by atoms with Crippen LogP contribution in [-0.4, -0.2) is 47.7 Å². The summed E-state index contributed by atoms with van der Waals surface area (Å²) in [4.78, 5) is 25.7. The Labute approximate surface area is 129 Å². The third kappa shape index (κ3) is 2.73. The van der Waals surface area contributed by atoms with Crippen molar-refractivity contribution in [2.45, 2.75) is 44.2 Å². The SMILES string of the molecule is CO[C@H]1C[C@H](CC(=O)O)N(C(=O)c2cccc3c2CCC3)C1. The van der Waals surface area contributed by atoms with E-state index < -0.39 is 5.97 Å². The average Bonchev–Trinajstić information content (AvgIpc) is 3.11. The lowest BCUT2D eigenvalue weighted by Crippen LogP contribution is -2.37. The summed E-state index contributed by atoms with van der Waals surface area (Å²) in [6.07, 6.45) is 3.52. The summed E-state index contributed by atoms with van der Waals surface area (Å²) >= 11 is 0. The quantitative estimate of drug-likeness (QED) is 0.922. The van der Waals surface area contributed by atoms with Gasteiger partial charge in [-0.25, -0.2) is 0 Å². The fourth-order valence-electron chi connectivity index (χ4n) is 3.66. The highest BCUT2D eigenvalue weighted by Crippen LogP contribution is 2.29. The topological polar surface area (TPSA) is 66.8 Å². The van der Waals surface area contributed by atoms with Crippen molar-refractivity contribution in [1.82, 2.24) is 4.90 Å². The number of hydrogen-bond acceptors (Lipinski definition) is 3. The molecule has 1 aromatic rings. The van der Waals surface area contributed by atoms with Gasteiger partial charge in [0.25, 0.3) is 5.91 Å². The van der Waals surface area contributed by atoms with E-state index in [4.69, 9.17) is 9.84 Å². The Kier molecular flexibility index (Phi) is 4.16. The van der Waals surface area contributed by atoms with Crippen molar-refractivity contribution in [3.05, 3.63) is 34.9 Å². The second-order valence-corrected chi connectivity index (χ2v) is 6.10. The zero-order chi connectivity index (χ0) is 15.7. The highest BCUT2D eigenvalue weighted by molar-refractivity contribution is 5.97. The molecule has 1 heterocycles. The van der Waals surface area contributed by atoms with Crippen LogP contribution >= 0.6 is 0 Å². The molecular weight excluding hydrogens is 282 g/mol. The molecule has 1 N–H and O–H groups in total. The molecule has 118 valence electrons. The van der Waals surface area contributed by atoms with Crippen molar-refractivity contribution < 1.29 is 19.4 Å². The molecule has 1 aromatic carbocycles. The largest absolute Gasteiger partial charge is 0.481 e. The first-order chi connectivity index (χ1) is 10.6. The Morgan fingerprint density at radius 1 is 1.36 bits per heavy atom. The maximum Gasteiger partial charge on any atom is 0.305 e. The number of amides is 1. The Bertz CT molecular complexity index is 598. The number of fused-ring (bicyclic) bond motifs is 1. The smallest absolute Gasteiger partial charge is 0.305 e. The van der Waals surface area contributed by atoms with Crippen LogP contribution < -0.4 is 0 Å². The molecule has 2 atom stereocenters. The first-order valence-electron chi connectivity index (χ1n) is 7.76. The van der Waals surface area contributed by atoms with Crippen LogP contribution in [0.3, 0.4) is 0 Å². The summed E-state index contributed by atoms with van der Waals surface area (Å²) < 4.78 is 5.35. The number of aliphatic carboxylic acids is 1. The average molecular weight is 303 g/mol. The van der Waals surface area contributed by atoms with Crippen molar-refractivity contribution in [3.63, 3.8) is 0 Å². The lowest BCUT2D eigenvalue weighted by Gasteiger charge is -2.24. The summed E-state index contributed by atoms with van der Waals surface area (Å²) in [5.74, 6) is -0.928. The number of carboxylic acids is 1. The number of nitrogens with zero attached hydrogens (tertiary/aromatic N) is 1. The molecule has 0 saturated carbocycles. The Morgan fingerprint density at radius 2 is 2.18 bits per heavy atom. The number of likely N-dealkylation sites (tertiary alicyclic amines) is 1. The summed E-state index contributed by atoms with van der Waals surface area (Å²) in [5.41, 5.74) is 3.13. The minimum atomic E-state index is -0.877. The third-order valence-corrected chi connectivity index (χ3v) is 4.76. The van der Waals surface area contributed by atoms with Crippen molar-refractivity contribution in [3.8, 4) is 0 Å². The minimum Gasteiger partial charge on any atom is -0.481 e. The van der Waals surface area contributed by atoms with Gasteiger partial charge < -0.3 is 14.7 Å². The molecule has 5 nitrogen and oxygen atoms in total. The molecular formula is C17H21NO4. The van der Waals surface area contributed by atoms with Crippen molar-refractivity contribution in [2.75, 3.05) is 13.7 Å². The van der Waals surface area contributed by atoms with Crippen LogP contribution in [0.1, 0.15) is 40.7 Å². The van der Waals surface area contributed by atoms with Gasteiger partial charge in [-0.05, 0) is 42.9 Å². The first kappa shape index (κ1) is 15.0. The molecule has 0 spiro atoms. The molecule has 1 aliphatic heterocycles. The monoisotopic (exact) mass is 303 g/mol. The first-order valence-corrected chi connectivity index (χ1v) is 7.76. The maximum atomic E-state index is 12.9. The number of carboxylic acid groups (broad SMARTS) is 1. The minimum absolute atomic E-state index is 0.0272. The number of methoxy groups -OCH3 is 1. The fourth-order valence-corrected chi connectivity index (χ4v) is 3.66. The zero-order valence-electron chi connectivity index (χ0n) is 12.7. The van der Waals surface area contributed by atoms with E-state index in [1.54, 1.807) is 12.0 Å².